The molecule has 0 radical (unpaired) electrons. The minimum Gasteiger partial charge on any atom is -0.496 e. The van der Waals surface area contributed by atoms with Crippen LogP contribution in [0.1, 0.15) is 152 Å². The number of carbonyl (C=O) groups is 3. The molecule has 9 rings (SSSR count). The fourth-order valence-electron chi connectivity index (χ4n) is 15.3. The van der Waals surface area contributed by atoms with Crippen molar-refractivity contribution in [1.82, 2.24) is 20.1 Å². The van der Waals surface area contributed by atoms with Crippen LogP contribution in [0, 0.1) is 11.3 Å². The molecule has 6 heterocycles. The van der Waals surface area contributed by atoms with Crippen molar-refractivity contribution in [3.63, 3.8) is 0 Å². The molecule has 10 atom stereocenters. The van der Waals surface area contributed by atoms with E-state index in [9.17, 15) is 20.1 Å². The van der Waals surface area contributed by atoms with Crippen molar-refractivity contribution in [3.05, 3.63) is 95.2 Å². The number of fused-ring (bicyclic) bond motifs is 6. The van der Waals surface area contributed by atoms with Crippen LogP contribution in [0.25, 0.3) is 10.9 Å². The van der Waals surface area contributed by atoms with E-state index < -0.39 is 57.5 Å². The molecule has 5 N–H and O–H groups in total. The summed E-state index contributed by atoms with van der Waals surface area (Å²) in [6.45, 7) is 9.69. The fourth-order valence-corrected chi connectivity index (χ4v) is 15.3. The molecule has 402 valence electrons. The lowest BCUT2D eigenvalue weighted by atomic mass is 9.47. The van der Waals surface area contributed by atoms with E-state index in [2.05, 4.69) is 57.4 Å². The van der Waals surface area contributed by atoms with E-state index in [4.69, 9.17) is 9.47 Å². The second-order valence-electron chi connectivity index (χ2n) is 22.9. The number of carbonyl (C=O) groups excluding carboxylic acids is 3. The monoisotopic (exact) mass is 1020 g/mol. The molecule has 2 aromatic carbocycles. The highest BCUT2D eigenvalue weighted by atomic mass is 16.5. The van der Waals surface area contributed by atoms with Crippen LogP contribution in [0.2, 0.25) is 0 Å². The molecule has 2 bridgehead atoms. The van der Waals surface area contributed by atoms with Gasteiger partial charge < -0.3 is 40.0 Å². The highest BCUT2D eigenvalue weighted by Gasteiger charge is 2.79. The number of benzene rings is 2. The molecule has 2 saturated heterocycles. The van der Waals surface area contributed by atoms with E-state index in [1.807, 2.05) is 56.3 Å². The zero-order valence-electron chi connectivity index (χ0n) is 45.0. The molecular weight excluding hydrogens is 931 g/mol. The number of H-pyrrole nitrogens is 1. The highest BCUT2D eigenvalue weighted by Crippen LogP contribution is 2.67. The summed E-state index contributed by atoms with van der Waals surface area (Å²) in [7, 11) is 2.99. The number of rotatable bonds is 22. The standard InChI is InChI=1S/C61H85N5O8/c1-6-9-10-11-12-13-14-15-16-17-18-19-20-21-22-25-32-62-55(69)61(72)53-59(31-35-65-33-26-30-58(8-3,52(59)65)54(61)68)46-36-47(50(73-4)37-49(46)66(53)42-67)60(56(70)74-5)39-43-38-57(71,7-2)41-64(40-43)34-29-45-44-27-23-24-28-48(44)63-51(45)60/h12-13,15-16,23-24,26-28,30,36-37,42-43,52-54,63,68,71-72H,6-11,14,17-22,25,29,31-35,38-41H2,1-5H3,(H,62,69)/b13-12-,16-15-/t43?,52-,53+,54+,57-,58+,59+,60-,61-/m0/s1. The number of aliphatic hydroxyl groups is 3. The first-order chi connectivity index (χ1) is 35.9. The van der Waals surface area contributed by atoms with E-state index in [1.165, 1.54) is 37.7 Å². The van der Waals surface area contributed by atoms with Gasteiger partial charge in [-0.15, -0.1) is 0 Å². The third kappa shape index (κ3) is 9.07. The molecule has 2 amide bonds. The van der Waals surface area contributed by atoms with Crippen molar-refractivity contribution in [3.8, 4) is 5.75 Å². The first-order valence-corrected chi connectivity index (χ1v) is 28.4. The van der Waals surface area contributed by atoms with Crippen LogP contribution in [0.5, 0.6) is 5.75 Å². The summed E-state index contributed by atoms with van der Waals surface area (Å²) in [5, 5.41) is 42.7. The first kappa shape index (κ1) is 54.0. The highest BCUT2D eigenvalue weighted by molar-refractivity contribution is 5.97. The Morgan fingerprint density at radius 3 is 2.34 bits per heavy atom. The average Bonchev–Trinajstić information content (AvgIpc) is 4.19. The fraction of sp³-hybridized carbons (Fsp3) is 0.623. The number of aromatic amines is 1. The Bertz CT molecular complexity index is 2590. The maximum absolute atomic E-state index is 15.5. The van der Waals surface area contributed by atoms with Gasteiger partial charge in [-0.25, -0.2) is 0 Å². The Labute approximate surface area is 439 Å². The SMILES string of the molecule is CCCCC/C=C\C/C=C\CCCCCCCCNC(=O)[C@@]1(O)[C@H](O)[C@]2(CC)C=CCN3CC[C@@]4(c5cc([C@@]6(C(=O)OC)CC7CN(CCc8c6[nH]c6ccccc86)C[C@](O)(CC)C7)c(OC)cc5N(C=O)[C@@H]14)[C@@H]32. The average molecular weight is 1020 g/mol. The van der Waals surface area contributed by atoms with Crippen LogP contribution in [0.15, 0.2) is 72.9 Å². The molecule has 3 aromatic rings. The van der Waals surface area contributed by atoms with Gasteiger partial charge in [0.25, 0.3) is 5.91 Å². The number of methoxy groups -OCH3 is 2. The number of aliphatic hydroxyl groups excluding tert-OH is 1. The summed E-state index contributed by atoms with van der Waals surface area (Å²) in [4.78, 5) is 54.5. The molecule has 1 aromatic heterocycles. The number of aromatic nitrogens is 1. The van der Waals surface area contributed by atoms with Crippen LogP contribution in [-0.4, -0.2) is 131 Å². The van der Waals surface area contributed by atoms with Crippen LogP contribution >= 0.6 is 0 Å². The number of nitrogens with zero attached hydrogens (tertiary/aromatic N) is 3. The summed E-state index contributed by atoms with van der Waals surface area (Å²) >= 11 is 0. The molecule has 1 saturated carbocycles. The number of unbranched alkanes of at least 4 members (excludes halogenated alkanes) is 9. The lowest BCUT2D eigenvalue weighted by molar-refractivity contribution is -0.203. The summed E-state index contributed by atoms with van der Waals surface area (Å²) in [6, 6.07) is 10.3. The first-order valence-electron chi connectivity index (χ1n) is 28.4. The van der Waals surface area contributed by atoms with Gasteiger partial charge in [0.1, 0.15) is 17.3 Å². The molecule has 13 nitrogen and oxygen atoms in total. The van der Waals surface area contributed by atoms with E-state index in [0.29, 0.717) is 107 Å². The van der Waals surface area contributed by atoms with E-state index in [0.717, 1.165) is 67.0 Å². The van der Waals surface area contributed by atoms with Crippen molar-refractivity contribution < 1.29 is 39.2 Å². The van der Waals surface area contributed by atoms with Crippen LogP contribution in [0.4, 0.5) is 5.69 Å². The maximum atomic E-state index is 15.5. The Morgan fingerprint density at radius 1 is 0.878 bits per heavy atom. The second-order valence-corrected chi connectivity index (χ2v) is 22.9. The Balaban J connectivity index is 1.06. The number of esters is 1. The number of allylic oxidation sites excluding steroid dienone is 4. The van der Waals surface area contributed by atoms with Gasteiger partial charge in [0.2, 0.25) is 6.41 Å². The van der Waals surface area contributed by atoms with Gasteiger partial charge in [0.05, 0.1) is 31.5 Å². The topological polar surface area (TPSA) is 168 Å². The maximum Gasteiger partial charge on any atom is 0.322 e. The van der Waals surface area contributed by atoms with Gasteiger partial charge in [-0.3, -0.25) is 24.2 Å². The largest absolute Gasteiger partial charge is 0.496 e. The van der Waals surface area contributed by atoms with Crippen LogP contribution in [-0.2, 0) is 36.4 Å². The Hall–Kier alpha value is -4.79. The molecule has 1 aliphatic carbocycles. The van der Waals surface area contributed by atoms with Crippen LogP contribution in [0.3, 0.4) is 0 Å². The number of piperidine rings is 1. The van der Waals surface area contributed by atoms with Crippen molar-refractivity contribution in [2.24, 2.45) is 11.3 Å². The van der Waals surface area contributed by atoms with Crippen molar-refractivity contribution >= 4 is 34.9 Å². The zero-order chi connectivity index (χ0) is 52.3. The number of hydrogen-bond acceptors (Lipinski definition) is 10. The van der Waals surface area contributed by atoms with Crippen molar-refractivity contribution in [2.45, 2.75) is 177 Å². The Kier molecular flexibility index (Phi) is 16.4. The third-order valence-corrected chi connectivity index (χ3v) is 18.8. The minimum atomic E-state index is -2.44. The lowest BCUT2D eigenvalue weighted by Gasteiger charge is -2.63. The van der Waals surface area contributed by atoms with Gasteiger partial charge in [0, 0.05) is 77.8 Å². The van der Waals surface area contributed by atoms with Crippen molar-refractivity contribution in [1.29, 1.82) is 0 Å². The van der Waals surface area contributed by atoms with Gasteiger partial charge in [-0.1, -0.05) is 114 Å². The van der Waals surface area contributed by atoms with Gasteiger partial charge in [0.15, 0.2) is 5.60 Å². The third-order valence-electron chi connectivity index (χ3n) is 18.8. The lowest BCUT2D eigenvalue weighted by Crippen LogP contribution is -2.82. The van der Waals surface area contributed by atoms with Gasteiger partial charge in [-0.2, -0.15) is 0 Å². The number of ether oxygens (including phenoxy) is 2. The predicted molar refractivity (Wildman–Crippen MR) is 291 cm³/mol. The minimum absolute atomic E-state index is 0.137. The molecule has 1 spiro atoms. The zero-order valence-corrected chi connectivity index (χ0v) is 45.0. The van der Waals surface area contributed by atoms with Crippen molar-refractivity contribution in [2.75, 3.05) is 58.4 Å². The van der Waals surface area contributed by atoms with Crippen LogP contribution < -0.4 is 15.0 Å². The molecule has 2 unspecified atom stereocenters. The molecule has 6 aliphatic rings. The predicted octanol–water partition coefficient (Wildman–Crippen LogP) is 8.70. The number of amides is 2. The van der Waals surface area contributed by atoms with E-state index in [1.54, 1.807) is 7.11 Å². The van der Waals surface area contributed by atoms with E-state index in [-0.39, 0.29) is 12.3 Å². The molecule has 74 heavy (non-hydrogen) atoms. The quantitative estimate of drug-likeness (QED) is 0.0284. The normalized spacial score (nSPS) is 32.2. The summed E-state index contributed by atoms with van der Waals surface area (Å²) < 4.78 is 12.4. The summed E-state index contributed by atoms with van der Waals surface area (Å²) in [6.07, 6.45) is 28.3. The summed E-state index contributed by atoms with van der Waals surface area (Å²) in [5.74, 6) is -0.952. The number of hydrogen-bond donors (Lipinski definition) is 5. The number of anilines is 1. The van der Waals surface area contributed by atoms with E-state index >= 15 is 9.59 Å². The Morgan fingerprint density at radius 2 is 1.62 bits per heavy atom. The molecular formula is C61H85N5O8. The molecule has 3 fully saturated rings. The second kappa shape index (κ2) is 22.4. The van der Waals surface area contributed by atoms with Gasteiger partial charge in [-0.05, 0) is 113 Å². The molecule has 5 aliphatic heterocycles. The molecule has 13 heteroatoms. The van der Waals surface area contributed by atoms with Gasteiger partial charge >= 0.3 is 5.97 Å². The number of nitrogens with one attached hydrogen (secondary N) is 2. The number of para-hydroxylation sites is 1. The summed E-state index contributed by atoms with van der Waals surface area (Å²) in [5.41, 5.74) is -2.68. The smallest absolute Gasteiger partial charge is 0.322 e.